The highest BCUT2D eigenvalue weighted by Gasteiger charge is 2.23. The number of carbonyl (C=O) groups is 3. The van der Waals surface area contributed by atoms with Crippen LogP contribution < -0.4 is 17.0 Å². The second-order valence-electron chi connectivity index (χ2n) is 18.8. The van der Waals surface area contributed by atoms with Crippen molar-refractivity contribution in [1.82, 2.24) is 0 Å². The molecule has 1 N–H and O–H groups in total. The number of ketones is 2. The Hall–Kier alpha value is -1.39. The first-order valence-electron chi connectivity index (χ1n) is 26.3. The first-order chi connectivity index (χ1) is 30.2. The summed E-state index contributed by atoms with van der Waals surface area (Å²) < 4.78 is 18.8. The molecular formula is C54H102BrNO7. The van der Waals surface area contributed by atoms with Crippen molar-refractivity contribution in [3.8, 4) is 0 Å². The van der Waals surface area contributed by atoms with Crippen molar-refractivity contribution >= 4 is 17.5 Å². The van der Waals surface area contributed by atoms with E-state index in [-0.39, 0.29) is 79.5 Å². The van der Waals surface area contributed by atoms with Gasteiger partial charge >= 0.3 is 5.97 Å². The van der Waals surface area contributed by atoms with Gasteiger partial charge in [0, 0.05) is 51.9 Å². The third kappa shape index (κ3) is 49.9. The highest BCUT2D eigenvalue weighted by atomic mass is 79.9. The van der Waals surface area contributed by atoms with E-state index in [1.54, 1.807) is 0 Å². The number of aliphatic hydroxyl groups is 1. The minimum atomic E-state index is -0.282. The number of hydrogen-bond acceptors (Lipinski definition) is 7. The van der Waals surface area contributed by atoms with Crippen molar-refractivity contribution < 1.29 is 55.2 Å². The molecule has 0 aromatic rings. The monoisotopic (exact) mass is 956 g/mol. The number of hydrogen-bond donors (Lipinski definition) is 1. The third-order valence-corrected chi connectivity index (χ3v) is 11.9. The molecule has 0 aliphatic rings. The topological polar surface area (TPSA) is 99.1 Å². The molecule has 0 aromatic carbocycles. The third-order valence-electron chi connectivity index (χ3n) is 11.9. The van der Waals surface area contributed by atoms with E-state index in [2.05, 4.69) is 52.2 Å². The molecule has 372 valence electrons. The molecule has 0 bridgehead atoms. The molecule has 1 unspecified atom stereocenters. The number of ether oxygens (including phenoxy) is 3. The quantitative estimate of drug-likeness (QED) is 0.0281. The van der Waals surface area contributed by atoms with E-state index < -0.39 is 0 Å². The van der Waals surface area contributed by atoms with Gasteiger partial charge in [-0.3, -0.25) is 14.4 Å². The Labute approximate surface area is 400 Å². The minimum Gasteiger partial charge on any atom is -1.00 e. The van der Waals surface area contributed by atoms with Crippen molar-refractivity contribution in [3.05, 3.63) is 24.3 Å². The van der Waals surface area contributed by atoms with Gasteiger partial charge in [0.15, 0.2) is 0 Å². The predicted octanol–water partition coefficient (Wildman–Crippen LogP) is 10.9. The SMILES string of the molecule is CCCCCCCCC=CCCCCCCCCOCC(C[N+](C)(C)CCCCC(=O)OCCC(=O)CCC(=O)CCO)OCCCCCCCCC=CCCCCCCCC.[Br-]. The standard InChI is InChI=1S/C54H102NO7.BrH/c1-5-7-9-11-13-15-17-19-21-23-25-27-29-31-33-37-46-60-50-53(61-47-38-34-32-30-28-26-24-22-20-18-16-14-12-10-8-6-2)49-55(3,4)44-36-35-39-54(59)62-48-43-52(58)41-40-51(57)42-45-56;/h19-22,53,56H,5-18,23-50H2,1-4H3;1H/q+1;/p-1. The molecule has 0 radical (unpaired) electrons. The van der Waals surface area contributed by atoms with Gasteiger partial charge in [0.1, 0.15) is 24.2 Å². The molecular weight excluding hydrogens is 854 g/mol. The summed E-state index contributed by atoms with van der Waals surface area (Å²) in [5.41, 5.74) is 0. The summed E-state index contributed by atoms with van der Waals surface area (Å²) in [6.07, 6.45) is 48.5. The molecule has 0 rings (SSSR count). The predicted molar refractivity (Wildman–Crippen MR) is 262 cm³/mol. The van der Waals surface area contributed by atoms with E-state index in [1.807, 2.05) is 0 Å². The Balaban J connectivity index is 0. The van der Waals surface area contributed by atoms with E-state index in [0.717, 1.165) is 56.5 Å². The molecule has 1 atom stereocenters. The maximum absolute atomic E-state index is 12.3. The van der Waals surface area contributed by atoms with E-state index in [1.165, 1.54) is 167 Å². The van der Waals surface area contributed by atoms with Crippen LogP contribution in [0, 0.1) is 0 Å². The highest BCUT2D eigenvalue weighted by molar-refractivity contribution is 5.86. The lowest BCUT2D eigenvalue weighted by molar-refractivity contribution is -0.893. The number of esters is 1. The molecule has 8 nitrogen and oxygen atoms in total. The van der Waals surface area contributed by atoms with Crippen LogP contribution in [0.15, 0.2) is 24.3 Å². The Morgan fingerprint density at radius 2 is 0.921 bits per heavy atom. The molecule has 0 aromatic heterocycles. The van der Waals surface area contributed by atoms with Crippen molar-refractivity contribution in [1.29, 1.82) is 0 Å². The number of nitrogens with zero attached hydrogens (tertiary/aromatic N) is 1. The fraction of sp³-hybridized carbons (Fsp3) is 0.870. The van der Waals surface area contributed by atoms with Gasteiger partial charge in [-0.1, -0.05) is 154 Å². The fourth-order valence-electron chi connectivity index (χ4n) is 7.88. The molecule has 0 amide bonds. The normalized spacial score (nSPS) is 12.3. The van der Waals surface area contributed by atoms with Crippen molar-refractivity contribution in [3.63, 3.8) is 0 Å². The number of likely N-dealkylation sites (N-methyl/N-ethyl adjacent to an activating group) is 1. The van der Waals surface area contributed by atoms with E-state index in [9.17, 15) is 14.4 Å². The van der Waals surface area contributed by atoms with Crippen molar-refractivity contribution in [2.75, 3.05) is 60.2 Å². The number of aliphatic hydroxyl groups excluding tert-OH is 1. The van der Waals surface area contributed by atoms with Gasteiger partial charge in [-0.25, -0.2) is 0 Å². The molecule has 0 aliphatic heterocycles. The molecule has 9 heteroatoms. The second kappa shape index (κ2) is 50.0. The van der Waals surface area contributed by atoms with Crippen LogP contribution in [0.3, 0.4) is 0 Å². The number of allylic oxidation sites excluding steroid dienone is 4. The van der Waals surface area contributed by atoms with Crippen LogP contribution in [0.25, 0.3) is 0 Å². The molecule has 0 saturated heterocycles. The molecule has 63 heavy (non-hydrogen) atoms. The summed E-state index contributed by atoms with van der Waals surface area (Å²) in [6, 6.07) is 0. The number of unbranched alkanes of at least 4 members (excludes halogenated alkanes) is 25. The summed E-state index contributed by atoms with van der Waals surface area (Å²) in [7, 11) is 4.47. The van der Waals surface area contributed by atoms with Gasteiger partial charge in [-0.05, 0) is 77.0 Å². The molecule has 0 heterocycles. The van der Waals surface area contributed by atoms with Crippen LogP contribution in [0.4, 0.5) is 0 Å². The van der Waals surface area contributed by atoms with E-state index in [4.69, 9.17) is 19.3 Å². The average molecular weight is 957 g/mol. The summed E-state index contributed by atoms with van der Waals surface area (Å²) in [5, 5.41) is 8.83. The molecule has 0 saturated carbocycles. The summed E-state index contributed by atoms with van der Waals surface area (Å²) >= 11 is 0. The average Bonchev–Trinajstić information content (AvgIpc) is 3.25. The molecule has 0 aliphatic carbocycles. The van der Waals surface area contributed by atoms with Crippen molar-refractivity contribution in [2.24, 2.45) is 0 Å². The van der Waals surface area contributed by atoms with Crippen LogP contribution in [-0.2, 0) is 28.6 Å². The summed E-state index contributed by atoms with van der Waals surface area (Å²) in [4.78, 5) is 35.8. The van der Waals surface area contributed by atoms with Gasteiger partial charge in [0.2, 0.25) is 0 Å². The smallest absolute Gasteiger partial charge is 0.305 e. The lowest BCUT2D eigenvalue weighted by atomic mass is 10.1. The summed E-state index contributed by atoms with van der Waals surface area (Å²) in [5.74, 6) is -0.502. The zero-order valence-corrected chi connectivity index (χ0v) is 43.4. The summed E-state index contributed by atoms with van der Waals surface area (Å²) in [6.45, 7) is 8.40. The lowest BCUT2D eigenvalue weighted by Gasteiger charge is -2.33. The van der Waals surface area contributed by atoms with E-state index >= 15 is 0 Å². The molecule has 0 spiro atoms. The van der Waals surface area contributed by atoms with Gasteiger partial charge in [-0.2, -0.15) is 0 Å². The first kappa shape index (κ1) is 63.7. The minimum absolute atomic E-state index is 0. The van der Waals surface area contributed by atoms with Crippen molar-refractivity contribution in [2.45, 2.75) is 245 Å². The number of rotatable bonds is 50. The van der Waals surface area contributed by atoms with Crippen LogP contribution in [0.1, 0.15) is 239 Å². The largest absolute Gasteiger partial charge is 1.00 e. The fourth-order valence-corrected chi connectivity index (χ4v) is 7.88. The van der Waals surface area contributed by atoms with Gasteiger partial charge in [0.25, 0.3) is 0 Å². The second-order valence-corrected chi connectivity index (χ2v) is 18.8. The van der Waals surface area contributed by atoms with Gasteiger partial charge in [0.05, 0.1) is 33.9 Å². The van der Waals surface area contributed by atoms with Gasteiger partial charge in [-0.15, -0.1) is 0 Å². The number of halogens is 1. The zero-order valence-electron chi connectivity index (χ0n) is 41.8. The Morgan fingerprint density at radius 1 is 0.492 bits per heavy atom. The van der Waals surface area contributed by atoms with Gasteiger partial charge < -0.3 is 40.8 Å². The lowest BCUT2D eigenvalue weighted by Crippen LogP contribution is -3.00. The number of quaternary nitrogens is 1. The Bertz CT molecular complexity index is 1060. The number of carbonyl (C=O) groups excluding carboxylic acids is 3. The number of Topliss-reactive ketones (excluding diaryl/α,β-unsaturated/α-hetero) is 2. The van der Waals surface area contributed by atoms with Crippen LogP contribution >= 0.6 is 0 Å². The van der Waals surface area contributed by atoms with Crippen LogP contribution in [0.2, 0.25) is 0 Å². The zero-order chi connectivity index (χ0) is 45.5. The maximum Gasteiger partial charge on any atom is 0.305 e. The van der Waals surface area contributed by atoms with Crippen LogP contribution in [-0.4, -0.2) is 93.4 Å². The first-order valence-corrected chi connectivity index (χ1v) is 26.3. The molecule has 0 fully saturated rings. The maximum atomic E-state index is 12.3. The van der Waals surface area contributed by atoms with Crippen LogP contribution in [0.5, 0.6) is 0 Å². The van der Waals surface area contributed by atoms with E-state index in [0.29, 0.717) is 13.0 Å². The Morgan fingerprint density at radius 3 is 1.40 bits per heavy atom. The highest BCUT2D eigenvalue weighted by Crippen LogP contribution is 2.14. The Kier molecular flexibility index (Phi) is 50.6.